The third kappa shape index (κ3) is 2.25. The Labute approximate surface area is 92.2 Å². The van der Waals surface area contributed by atoms with Crippen molar-refractivity contribution in [3.8, 4) is 0 Å². The number of nitrogens with one attached hydrogen (secondary N) is 1. The molecular formula is C10H14BrN3. The number of halogens is 1. The lowest BCUT2D eigenvalue weighted by Gasteiger charge is -2.38. The average Bonchev–Trinajstić information content (AvgIpc) is 2.14. The maximum absolute atomic E-state index is 6.08. The topological polar surface area (TPSA) is 50.9 Å². The smallest absolute Gasteiger partial charge is 0.126 e. The van der Waals surface area contributed by atoms with Crippen LogP contribution in [-0.2, 0) is 0 Å². The van der Waals surface area contributed by atoms with Crippen LogP contribution in [-0.4, -0.2) is 17.1 Å². The van der Waals surface area contributed by atoms with E-state index in [9.17, 15) is 0 Å². The molecule has 1 aromatic heterocycles. The number of nitrogens with zero attached hydrogens (tertiary/aromatic N) is 1. The first kappa shape index (κ1) is 9.93. The molecule has 0 aliphatic heterocycles. The molecule has 1 heterocycles. The van der Waals surface area contributed by atoms with Crippen LogP contribution in [0.3, 0.4) is 0 Å². The van der Waals surface area contributed by atoms with Crippen LogP contribution in [0.15, 0.2) is 22.8 Å². The van der Waals surface area contributed by atoms with Crippen LogP contribution in [0, 0.1) is 0 Å². The predicted molar refractivity (Wildman–Crippen MR) is 61.2 cm³/mol. The molecule has 4 heteroatoms. The number of pyridine rings is 1. The second-order valence-corrected chi connectivity index (χ2v) is 4.85. The normalized spacial score (nSPS) is 18.7. The first-order chi connectivity index (χ1) is 6.68. The quantitative estimate of drug-likeness (QED) is 0.871. The summed E-state index contributed by atoms with van der Waals surface area (Å²) >= 11 is 3.35. The molecule has 76 valence electrons. The van der Waals surface area contributed by atoms with E-state index in [1.165, 1.54) is 6.42 Å². The summed E-state index contributed by atoms with van der Waals surface area (Å²) in [6.07, 6.45) is 5.28. The van der Waals surface area contributed by atoms with E-state index in [1.807, 2.05) is 12.1 Å². The Hall–Kier alpha value is -0.610. The lowest BCUT2D eigenvalue weighted by atomic mass is 9.78. The van der Waals surface area contributed by atoms with Crippen LogP contribution >= 0.6 is 15.9 Å². The van der Waals surface area contributed by atoms with Crippen molar-refractivity contribution in [3.05, 3.63) is 22.8 Å². The standard InChI is InChI=1S/C10H14BrN3/c11-8-2-3-9(13-6-8)14-7-10(12)4-1-5-10/h2-3,6H,1,4-5,7,12H2,(H,13,14). The fourth-order valence-electron chi connectivity index (χ4n) is 1.55. The van der Waals surface area contributed by atoms with E-state index >= 15 is 0 Å². The van der Waals surface area contributed by atoms with Crippen LogP contribution < -0.4 is 11.1 Å². The van der Waals surface area contributed by atoms with E-state index in [0.29, 0.717) is 0 Å². The third-order valence-corrected chi connectivity index (χ3v) is 3.17. The van der Waals surface area contributed by atoms with Gasteiger partial charge in [0.15, 0.2) is 0 Å². The van der Waals surface area contributed by atoms with Crippen molar-refractivity contribution in [2.45, 2.75) is 24.8 Å². The van der Waals surface area contributed by atoms with Crippen molar-refractivity contribution in [3.63, 3.8) is 0 Å². The molecule has 3 N–H and O–H groups in total. The highest BCUT2D eigenvalue weighted by atomic mass is 79.9. The van der Waals surface area contributed by atoms with Crippen molar-refractivity contribution in [2.24, 2.45) is 5.73 Å². The van der Waals surface area contributed by atoms with Crippen molar-refractivity contribution < 1.29 is 0 Å². The molecule has 0 saturated heterocycles. The first-order valence-electron chi connectivity index (χ1n) is 4.82. The van der Waals surface area contributed by atoms with E-state index in [1.54, 1.807) is 6.20 Å². The zero-order valence-corrected chi connectivity index (χ0v) is 9.55. The Morgan fingerprint density at radius 3 is 2.79 bits per heavy atom. The lowest BCUT2D eigenvalue weighted by molar-refractivity contribution is 0.265. The van der Waals surface area contributed by atoms with Gasteiger partial charge in [0.2, 0.25) is 0 Å². The minimum Gasteiger partial charge on any atom is -0.368 e. The van der Waals surface area contributed by atoms with Gasteiger partial charge in [0.1, 0.15) is 5.82 Å². The minimum atomic E-state index is 0.00868. The molecule has 0 bridgehead atoms. The second kappa shape index (κ2) is 3.87. The Kier molecular flexibility index (Phi) is 2.74. The molecule has 1 saturated carbocycles. The highest BCUT2D eigenvalue weighted by molar-refractivity contribution is 9.10. The Balaban J connectivity index is 1.88. The maximum atomic E-state index is 6.08. The monoisotopic (exact) mass is 255 g/mol. The molecule has 1 aliphatic carbocycles. The highest BCUT2D eigenvalue weighted by Crippen LogP contribution is 2.28. The van der Waals surface area contributed by atoms with Crippen molar-refractivity contribution in [1.82, 2.24) is 4.98 Å². The van der Waals surface area contributed by atoms with Gasteiger partial charge in [-0.05, 0) is 47.3 Å². The molecule has 1 aromatic rings. The van der Waals surface area contributed by atoms with E-state index in [2.05, 4.69) is 26.2 Å². The zero-order chi connectivity index (χ0) is 10.0. The van der Waals surface area contributed by atoms with Gasteiger partial charge < -0.3 is 11.1 Å². The Morgan fingerprint density at radius 2 is 2.29 bits per heavy atom. The number of nitrogens with two attached hydrogens (primary N) is 1. The predicted octanol–water partition coefficient (Wildman–Crippen LogP) is 2.14. The van der Waals surface area contributed by atoms with Crippen LogP contribution in [0.5, 0.6) is 0 Å². The van der Waals surface area contributed by atoms with Crippen LogP contribution in [0.25, 0.3) is 0 Å². The molecule has 0 atom stereocenters. The molecule has 1 aliphatic rings. The minimum absolute atomic E-state index is 0.00868. The summed E-state index contributed by atoms with van der Waals surface area (Å²) in [7, 11) is 0. The number of aromatic nitrogens is 1. The number of anilines is 1. The molecule has 0 aromatic carbocycles. The van der Waals surface area contributed by atoms with Gasteiger partial charge in [0.25, 0.3) is 0 Å². The van der Waals surface area contributed by atoms with Crippen molar-refractivity contribution >= 4 is 21.7 Å². The van der Waals surface area contributed by atoms with Gasteiger partial charge in [-0.3, -0.25) is 0 Å². The summed E-state index contributed by atoms with van der Waals surface area (Å²) in [5.74, 6) is 0.893. The number of hydrogen-bond acceptors (Lipinski definition) is 3. The number of rotatable bonds is 3. The third-order valence-electron chi connectivity index (χ3n) is 2.70. The average molecular weight is 256 g/mol. The van der Waals surface area contributed by atoms with E-state index in [4.69, 9.17) is 5.73 Å². The van der Waals surface area contributed by atoms with Gasteiger partial charge in [-0.25, -0.2) is 4.98 Å². The molecule has 1 fully saturated rings. The van der Waals surface area contributed by atoms with E-state index in [-0.39, 0.29) is 5.54 Å². The molecule has 0 radical (unpaired) electrons. The Bertz CT molecular complexity index is 306. The van der Waals surface area contributed by atoms with Crippen LogP contribution in [0.4, 0.5) is 5.82 Å². The van der Waals surface area contributed by atoms with Crippen molar-refractivity contribution in [1.29, 1.82) is 0 Å². The van der Waals surface area contributed by atoms with Crippen LogP contribution in [0.1, 0.15) is 19.3 Å². The molecule has 0 amide bonds. The van der Waals surface area contributed by atoms with E-state index in [0.717, 1.165) is 29.7 Å². The lowest BCUT2D eigenvalue weighted by Crippen LogP contribution is -2.52. The first-order valence-corrected chi connectivity index (χ1v) is 5.62. The molecule has 2 rings (SSSR count). The van der Waals surface area contributed by atoms with E-state index < -0.39 is 0 Å². The largest absolute Gasteiger partial charge is 0.368 e. The van der Waals surface area contributed by atoms with Gasteiger partial charge in [0, 0.05) is 22.8 Å². The number of hydrogen-bond donors (Lipinski definition) is 2. The molecule has 3 nitrogen and oxygen atoms in total. The van der Waals surface area contributed by atoms with Gasteiger partial charge in [-0.2, -0.15) is 0 Å². The van der Waals surface area contributed by atoms with Gasteiger partial charge >= 0.3 is 0 Å². The molecular weight excluding hydrogens is 242 g/mol. The Morgan fingerprint density at radius 1 is 1.50 bits per heavy atom. The van der Waals surface area contributed by atoms with Gasteiger partial charge in [-0.15, -0.1) is 0 Å². The molecule has 14 heavy (non-hydrogen) atoms. The summed E-state index contributed by atoms with van der Waals surface area (Å²) in [6, 6.07) is 3.92. The summed E-state index contributed by atoms with van der Waals surface area (Å²) < 4.78 is 0.995. The van der Waals surface area contributed by atoms with Crippen molar-refractivity contribution in [2.75, 3.05) is 11.9 Å². The summed E-state index contributed by atoms with van der Waals surface area (Å²) in [5, 5.41) is 3.26. The molecule has 0 spiro atoms. The summed E-state index contributed by atoms with van der Waals surface area (Å²) in [6.45, 7) is 0.821. The fourth-order valence-corrected chi connectivity index (χ4v) is 1.79. The van der Waals surface area contributed by atoms with Gasteiger partial charge in [0.05, 0.1) is 0 Å². The van der Waals surface area contributed by atoms with Gasteiger partial charge in [-0.1, -0.05) is 0 Å². The SMILES string of the molecule is NC1(CNc2ccc(Br)cn2)CCC1. The molecule has 0 unspecified atom stereocenters. The highest BCUT2D eigenvalue weighted by Gasteiger charge is 2.31. The summed E-state index contributed by atoms with van der Waals surface area (Å²) in [4.78, 5) is 4.23. The van der Waals surface area contributed by atoms with Crippen LogP contribution in [0.2, 0.25) is 0 Å². The fraction of sp³-hybridized carbons (Fsp3) is 0.500. The maximum Gasteiger partial charge on any atom is 0.126 e. The second-order valence-electron chi connectivity index (χ2n) is 3.93. The summed E-state index contributed by atoms with van der Waals surface area (Å²) in [5.41, 5.74) is 6.09. The zero-order valence-electron chi connectivity index (χ0n) is 7.96.